The Bertz CT molecular complexity index is 1420. The molecule has 4 rings (SSSR count). The first-order valence-electron chi connectivity index (χ1n) is 9.96. The fraction of sp³-hybridized carbons (Fsp3) is 0.227. The van der Waals surface area contributed by atoms with Crippen LogP contribution in [0.3, 0.4) is 0 Å². The van der Waals surface area contributed by atoms with Crippen LogP contribution in [0.5, 0.6) is 0 Å². The maximum atomic E-state index is 13.3. The largest absolute Gasteiger partial charge is 0.501 e. The molecule has 1 aliphatic rings. The lowest BCUT2D eigenvalue weighted by molar-refractivity contribution is -0.123. The van der Waals surface area contributed by atoms with E-state index in [1.165, 1.54) is 24.9 Å². The van der Waals surface area contributed by atoms with Crippen molar-refractivity contribution < 1.29 is 31.2 Å². The number of hydrogen-bond acceptors (Lipinski definition) is 6. The first-order chi connectivity index (χ1) is 15.8. The Kier molecular flexibility index (Phi) is 5.31. The molecular weight excluding hydrogens is 473 g/mol. The molecule has 0 aliphatic carbocycles. The number of nitrogens with two attached hydrogens (primary N) is 1. The number of amides is 3. The number of pyridine rings is 1. The van der Waals surface area contributed by atoms with Crippen molar-refractivity contribution in [1.82, 2.24) is 9.88 Å². The van der Waals surface area contributed by atoms with E-state index in [0.29, 0.717) is 34.3 Å². The summed E-state index contributed by atoms with van der Waals surface area (Å²) in [6, 6.07) is 9.84. The molecule has 178 valence electrons. The average Bonchev–Trinajstić information content (AvgIpc) is 2.94. The van der Waals surface area contributed by atoms with E-state index in [4.69, 9.17) is 5.73 Å². The number of fused-ring (bicyclic) bond motifs is 1. The van der Waals surface area contributed by atoms with Crippen molar-refractivity contribution in [2.45, 2.75) is 36.3 Å². The summed E-state index contributed by atoms with van der Waals surface area (Å²) >= 11 is 0. The first kappa shape index (κ1) is 23.5. The molecule has 2 N–H and O–H groups in total. The third kappa shape index (κ3) is 3.54. The minimum atomic E-state index is -5.56. The summed E-state index contributed by atoms with van der Waals surface area (Å²) in [4.78, 5) is 31.8. The molecule has 0 saturated carbocycles. The van der Waals surface area contributed by atoms with E-state index >= 15 is 0 Å². The molecule has 0 bridgehead atoms. The summed E-state index contributed by atoms with van der Waals surface area (Å²) < 4.78 is 61.7. The monoisotopic (exact) mass is 492 g/mol. The van der Waals surface area contributed by atoms with Gasteiger partial charge in [-0.25, -0.2) is 18.1 Å². The molecular formula is C22H19F3N4O4S. The van der Waals surface area contributed by atoms with Gasteiger partial charge in [0.2, 0.25) is 0 Å². The molecule has 1 aromatic heterocycles. The molecule has 0 radical (unpaired) electrons. The predicted molar refractivity (Wildman–Crippen MR) is 118 cm³/mol. The standard InChI is InChI=1S/C22H19F3N4O4S/c1-21(2)19(30)29(13-7-9-14(10-8-13)34(32,33)22(23,24)25)20(31)28(21)12-16-15-5-3-4-6-18(15)27-11-17(16)26/h3-11H,12,26H2,1-2H3. The molecule has 1 aliphatic heterocycles. The van der Waals surface area contributed by atoms with Gasteiger partial charge in [0.05, 0.1) is 34.5 Å². The number of imide groups is 1. The Hall–Kier alpha value is -3.67. The van der Waals surface area contributed by atoms with Crippen molar-refractivity contribution in [2.75, 3.05) is 10.6 Å². The number of sulfone groups is 1. The zero-order valence-electron chi connectivity index (χ0n) is 18.0. The number of nitrogen functional groups attached to an aromatic ring is 1. The van der Waals surface area contributed by atoms with Gasteiger partial charge in [-0.2, -0.15) is 13.2 Å². The van der Waals surface area contributed by atoms with E-state index in [1.54, 1.807) is 24.3 Å². The smallest absolute Gasteiger partial charge is 0.397 e. The van der Waals surface area contributed by atoms with Crippen LogP contribution in [0.4, 0.5) is 29.3 Å². The Balaban J connectivity index is 1.71. The van der Waals surface area contributed by atoms with Gasteiger partial charge in [0.1, 0.15) is 5.54 Å². The molecule has 3 aromatic rings. The van der Waals surface area contributed by atoms with Crippen LogP contribution in [0.1, 0.15) is 19.4 Å². The number of urea groups is 1. The summed E-state index contributed by atoms with van der Waals surface area (Å²) in [5, 5.41) is 0.707. The van der Waals surface area contributed by atoms with Crippen LogP contribution in [0.25, 0.3) is 10.9 Å². The van der Waals surface area contributed by atoms with E-state index in [0.717, 1.165) is 17.0 Å². The highest BCUT2D eigenvalue weighted by atomic mass is 32.2. The quantitative estimate of drug-likeness (QED) is 0.554. The third-order valence-corrected chi connectivity index (χ3v) is 7.27. The molecule has 1 fully saturated rings. The van der Waals surface area contributed by atoms with Gasteiger partial charge >= 0.3 is 11.5 Å². The highest BCUT2D eigenvalue weighted by Crippen LogP contribution is 2.37. The first-order valence-corrected chi connectivity index (χ1v) is 11.4. The summed E-state index contributed by atoms with van der Waals surface area (Å²) in [5.74, 6) is -0.624. The second kappa shape index (κ2) is 7.69. The fourth-order valence-corrected chi connectivity index (χ4v) is 4.55. The van der Waals surface area contributed by atoms with Crippen LogP contribution in [-0.2, 0) is 21.2 Å². The lowest BCUT2D eigenvalue weighted by Gasteiger charge is -2.28. The van der Waals surface area contributed by atoms with Crippen molar-refractivity contribution in [3.63, 3.8) is 0 Å². The Morgan fingerprint density at radius 1 is 1.03 bits per heavy atom. The van der Waals surface area contributed by atoms with Gasteiger partial charge in [0.15, 0.2) is 0 Å². The lowest BCUT2D eigenvalue weighted by atomic mass is 10.0. The summed E-state index contributed by atoms with van der Waals surface area (Å²) in [6.45, 7) is 3.05. The lowest BCUT2D eigenvalue weighted by Crippen LogP contribution is -2.43. The zero-order valence-corrected chi connectivity index (χ0v) is 18.8. The number of nitrogens with zero attached hydrogens (tertiary/aromatic N) is 3. The van der Waals surface area contributed by atoms with E-state index < -0.39 is 37.7 Å². The molecule has 2 aromatic carbocycles. The average molecular weight is 492 g/mol. The van der Waals surface area contributed by atoms with Crippen molar-refractivity contribution >= 4 is 44.1 Å². The number of benzene rings is 2. The predicted octanol–water partition coefficient (Wildman–Crippen LogP) is 3.86. The molecule has 0 spiro atoms. The van der Waals surface area contributed by atoms with Crippen molar-refractivity contribution in [2.24, 2.45) is 0 Å². The SMILES string of the molecule is CC1(C)C(=O)N(c2ccc(S(=O)(=O)C(F)(F)F)cc2)C(=O)N1Cc1c(N)cnc2ccccc12. The second-order valence-corrected chi connectivity index (χ2v) is 10.2. The van der Waals surface area contributed by atoms with Crippen LogP contribution in [0, 0.1) is 0 Å². The van der Waals surface area contributed by atoms with Gasteiger partial charge in [0.25, 0.3) is 15.7 Å². The fourth-order valence-electron chi connectivity index (χ4n) is 3.79. The summed E-state index contributed by atoms with van der Waals surface area (Å²) in [6.07, 6.45) is 1.46. The molecule has 12 heteroatoms. The zero-order chi connectivity index (χ0) is 25.1. The molecule has 0 atom stereocenters. The number of aromatic nitrogens is 1. The van der Waals surface area contributed by atoms with Gasteiger partial charge in [-0.05, 0) is 44.2 Å². The van der Waals surface area contributed by atoms with E-state index in [2.05, 4.69) is 4.98 Å². The molecule has 1 saturated heterocycles. The van der Waals surface area contributed by atoms with Crippen molar-refractivity contribution in [3.05, 3.63) is 60.3 Å². The van der Waals surface area contributed by atoms with E-state index in [-0.39, 0.29) is 12.2 Å². The van der Waals surface area contributed by atoms with Crippen LogP contribution >= 0.6 is 0 Å². The van der Waals surface area contributed by atoms with Gasteiger partial charge in [-0.15, -0.1) is 0 Å². The van der Waals surface area contributed by atoms with Crippen LogP contribution in [0.15, 0.2) is 59.6 Å². The Labute approximate surface area is 192 Å². The highest BCUT2D eigenvalue weighted by molar-refractivity contribution is 7.92. The number of carbonyl (C=O) groups excluding carboxylic acids is 2. The normalized spacial score (nSPS) is 16.5. The number of halogens is 3. The molecule has 8 nitrogen and oxygen atoms in total. The van der Waals surface area contributed by atoms with Crippen molar-refractivity contribution in [3.8, 4) is 0 Å². The number of carbonyl (C=O) groups is 2. The van der Waals surface area contributed by atoms with Gasteiger partial charge < -0.3 is 10.6 Å². The number of hydrogen-bond donors (Lipinski definition) is 1. The van der Waals surface area contributed by atoms with Crippen LogP contribution in [0.2, 0.25) is 0 Å². The molecule has 3 amide bonds. The minimum Gasteiger partial charge on any atom is -0.397 e. The second-order valence-electron chi connectivity index (χ2n) is 8.22. The number of rotatable bonds is 4. The van der Waals surface area contributed by atoms with Gasteiger partial charge in [-0.3, -0.25) is 9.78 Å². The Morgan fingerprint density at radius 3 is 2.26 bits per heavy atom. The van der Waals surface area contributed by atoms with Crippen LogP contribution in [-0.4, -0.2) is 41.3 Å². The molecule has 2 heterocycles. The number of anilines is 2. The van der Waals surface area contributed by atoms with E-state index in [1.807, 2.05) is 0 Å². The van der Waals surface area contributed by atoms with Crippen molar-refractivity contribution in [1.29, 1.82) is 0 Å². The topological polar surface area (TPSA) is 114 Å². The molecule has 0 unspecified atom stereocenters. The Morgan fingerprint density at radius 2 is 1.65 bits per heavy atom. The van der Waals surface area contributed by atoms with Gasteiger partial charge in [0, 0.05) is 10.9 Å². The molecule has 34 heavy (non-hydrogen) atoms. The third-order valence-electron chi connectivity index (χ3n) is 5.77. The van der Waals surface area contributed by atoms with E-state index in [9.17, 15) is 31.2 Å². The minimum absolute atomic E-state index is 0.0243. The summed E-state index contributed by atoms with van der Waals surface area (Å²) in [7, 11) is -5.56. The number of para-hydroxylation sites is 1. The maximum absolute atomic E-state index is 13.3. The van der Waals surface area contributed by atoms with Gasteiger partial charge in [-0.1, -0.05) is 18.2 Å². The summed E-state index contributed by atoms with van der Waals surface area (Å²) in [5.41, 5.74) is 0.854. The number of alkyl halides is 3. The highest BCUT2D eigenvalue weighted by Gasteiger charge is 2.52. The maximum Gasteiger partial charge on any atom is 0.501 e. The van der Waals surface area contributed by atoms with Crippen LogP contribution < -0.4 is 10.6 Å².